The van der Waals surface area contributed by atoms with E-state index >= 15 is 0 Å². The van der Waals surface area contributed by atoms with Gasteiger partial charge in [-0.2, -0.15) is 0 Å². The number of anilines is 2. The second kappa shape index (κ2) is 10.0. The van der Waals surface area contributed by atoms with Gasteiger partial charge < -0.3 is 15.4 Å². The zero-order valence-electron chi connectivity index (χ0n) is 16.2. The molecule has 0 bridgehead atoms. The van der Waals surface area contributed by atoms with Gasteiger partial charge in [-0.3, -0.25) is 4.79 Å². The first-order valence-corrected chi connectivity index (χ1v) is 9.48. The van der Waals surface area contributed by atoms with Crippen LogP contribution >= 0.6 is 0 Å². The lowest BCUT2D eigenvalue weighted by Gasteiger charge is -2.11. The number of benzene rings is 2. The zero-order chi connectivity index (χ0) is 20.5. The summed E-state index contributed by atoms with van der Waals surface area (Å²) in [5.74, 6) is -0.177. The van der Waals surface area contributed by atoms with Gasteiger partial charge in [0.1, 0.15) is 5.82 Å². The van der Waals surface area contributed by atoms with Crippen LogP contribution < -0.4 is 10.6 Å². The first-order valence-electron chi connectivity index (χ1n) is 9.48. The summed E-state index contributed by atoms with van der Waals surface area (Å²) in [7, 11) is 0. The van der Waals surface area contributed by atoms with Crippen molar-refractivity contribution < 1.29 is 14.3 Å². The Balaban J connectivity index is 1.65. The largest absolute Gasteiger partial charge is 0.462 e. The van der Waals surface area contributed by atoms with Crippen molar-refractivity contribution in [3.63, 3.8) is 0 Å². The molecule has 29 heavy (non-hydrogen) atoms. The number of para-hydroxylation sites is 1. The fourth-order valence-electron chi connectivity index (χ4n) is 2.82. The van der Waals surface area contributed by atoms with Crippen LogP contribution in [0, 0.1) is 0 Å². The average Bonchev–Trinajstić information content (AvgIpc) is 2.75. The lowest BCUT2D eigenvalue weighted by molar-refractivity contribution is 0.0527. The van der Waals surface area contributed by atoms with E-state index in [1.807, 2.05) is 18.2 Å². The van der Waals surface area contributed by atoms with Gasteiger partial charge in [0.05, 0.1) is 17.9 Å². The Morgan fingerprint density at radius 1 is 1.00 bits per heavy atom. The molecular formula is C23H23N3O3. The van der Waals surface area contributed by atoms with Gasteiger partial charge in [0.25, 0.3) is 5.91 Å². The number of ether oxygens (including phenoxy) is 1. The summed E-state index contributed by atoms with van der Waals surface area (Å²) in [5, 5.41) is 6.01. The summed E-state index contributed by atoms with van der Waals surface area (Å²) in [6.45, 7) is 2.71. The summed E-state index contributed by atoms with van der Waals surface area (Å²) in [4.78, 5) is 29.0. The minimum atomic E-state index is -0.471. The van der Waals surface area contributed by atoms with Gasteiger partial charge in [0.15, 0.2) is 0 Å². The van der Waals surface area contributed by atoms with Crippen molar-refractivity contribution in [2.45, 2.75) is 13.3 Å². The summed E-state index contributed by atoms with van der Waals surface area (Å²) < 4.78 is 5.05. The van der Waals surface area contributed by atoms with E-state index < -0.39 is 5.97 Å². The van der Waals surface area contributed by atoms with Gasteiger partial charge in [-0.15, -0.1) is 0 Å². The first kappa shape index (κ1) is 20.1. The standard InChI is InChI=1S/C23H23N3O3/c1-2-29-23(28)19-10-6-7-11-20(19)26-22(27)18-13-15-25-21(16-18)24-14-12-17-8-4-3-5-9-17/h3-11,13,15-16H,2,12,14H2,1H3,(H,24,25)(H,26,27). The van der Waals surface area contributed by atoms with E-state index in [4.69, 9.17) is 4.74 Å². The van der Waals surface area contributed by atoms with E-state index in [0.29, 0.717) is 29.2 Å². The van der Waals surface area contributed by atoms with Crippen LogP contribution in [0.2, 0.25) is 0 Å². The van der Waals surface area contributed by atoms with E-state index in [-0.39, 0.29) is 12.5 Å². The smallest absolute Gasteiger partial charge is 0.340 e. The topological polar surface area (TPSA) is 80.3 Å². The number of carbonyl (C=O) groups excluding carboxylic acids is 2. The van der Waals surface area contributed by atoms with Crippen molar-refractivity contribution in [2.75, 3.05) is 23.8 Å². The molecule has 6 heteroatoms. The SMILES string of the molecule is CCOC(=O)c1ccccc1NC(=O)c1ccnc(NCCc2ccccc2)c1. The fraction of sp³-hybridized carbons (Fsp3) is 0.174. The van der Waals surface area contributed by atoms with E-state index in [9.17, 15) is 9.59 Å². The molecule has 2 N–H and O–H groups in total. The predicted molar refractivity (Wildman–Crippen MR) is 113 cm³/mol. The van der Waals surface area contributed by atoms with Gasteiger partial charge >= 0.3 is 5.97 Å². The summed E-state index contributed by atoms with van der Waals surface area (Å²) in [6, 6.07) is 20.2. The third-order valence-electron chi connectivity index (χ3n) is 4.26. The molecule has 0 unspecified atom stereocenters. The van der Waals surface area contributed by atoms with Gasteiger partial charge in [-0.25, -0.2) is 9.78 Å². The molecule has 6 nitrogen and oxygen atoms in total. The molecule has 0 aliphatic heterocycles. The molecule has 148 valence electrons. The fourth-order valence-corrected chi connectivity index (χ4v) is 2.82. The van der Waals surface area contributed by atoms with Crippen LogP contribution in [0.1, 0.15) is 33.2 Å². The molecule has 3 aromatic rings. The highest BCUT2D eigenvalue weighted by Crippen LogP contribution is 2.18. The second-order valence-corrected chi connectivity index (χ2v) is 6.31. The quantitative estimate of drug-likeness (QED) is 0.565. The molecule has 0 fully saturated rings. The molecule has 1 heterocycles. The van der Waals surface area contributed by atoms with Gasteiger partial charge in [0, 0.05) is 18.3 Å². The molecule has 2 aromatic carbocycles. The van der Waals surface area contributed by atoms with Gasteiger partial charge in [-0.1, -0.05) is 42.5 Å². The van der Waals surface area contributed by atoms with E-state index in [0.717, 1.165) is 6.42 Å². The summed E-state index contributed by atoms with van der Waals surface area (Å²) >= 11 is 0. The third-order valence-corrected chi connectivity index (χ3v) is 4.26. The van der Waals surface area contributed by atoms with E-state index in [1.165, 1.54) is 5.56 Å². The van der Waals surface area contributed by atoms with Crippen LogP contribution in [0.4, 0.5) is 11.5 Å². The van der Waals surface area contributed by atoms with Crippen LogP contribution in [0.25, 0.3) is 0 Å². The Morgan fingerprint density at radius 2 is 1.76 bits per heavy atom. The number of amides is 1. The van der Waals surface area contributed by atoms with Crippen molar-refractivity contribution in [2.24, 2.45) is 0 Å². The van der Waals surface area contributed by atoms with Gasteiger partial charge in [0.2, 0.25) is 0 Å². The molecule has 1 aromatic heterocycles. The summed E-state index contributed by atoms with van der Waals surface area (Å²) in [5.41, 5.74) is 2.40. The Bertz CT molecular complexity index is 974. The zero-order valence-corrected chi connectivity index (χ0v) is 16.2. The predicted octanol–water partition coefficient (Wildman–Crippen LogP) is 4.17. The van der Waals surface area contributed by atoms with Crippen LogP contribution in [0.5, 0.6) is 0 Å². The first-order chi connectivity index (χ1) is 14.2. The maximum absolute atomic E-state index is 12.7. The number of nitrogens with one attached hydrogen (secondary N) is 2. The maximum Gasteiger partial charge on any atom is 0.340 e. The average molecular weight is 389 g/mol. The highest BCUT2D eigenvalue weighted by molar-refractivity contribution is 6.08. The molecule has 0 radical (unpaired) electrons. The molecule has 0 aliphatic carbocycles. The molecule has 0 aliphatic rings. The van der Waals surface area contributed by atoms with Crippen molar-refractivity contribution >= 4 is 23.4 Å². The highest BCUT2D eigenvalue weighted by Gasteiger charge is 2.15. The number of carbonyl (C=O) groups is 2. The van der Waals surface area contributed by atoms with Crippen molar-refractivity contribution in [3.05, 3.63) is 89.6 Å². The van der Waals surface area contributed by atoms with Crippen molar-refractivity contribution in [1.82, 2.24) is 4.98 Å². The maximum atomic E-state index is 12.7. The molecule has 1 amide bonds. The second-order valence-electron chi connectivity index (χ2n) is 6.31. The van der Waals surface area contributed by atoms with Crippen LogP contribution in [0.15, 0.2) is 72.9 Å². The Morgan fingerprint density at radius 3 is 2.55 bits per heavy atom. The molecule has 0 spiro atoms. The number of aromatic nitrogens is 1. The van der Waals surface area contributed by atoms with Crippen molar-refractivity contribution in [1.29, 1.82) is 0 Å². The van der Waals surface area contributed by atoms with Crippen LogP contribution in [0.3, 0.4) is 0 Å². The normalized spacial score (nSPS) is 10.2. The number of hydrogen-bond donors (Lipinski definition) is 2. The number of esters is 1. The Labute approximate surface area is 169 Å². The molecule has 0 atom stereocenters. The number of hydrogen-bond acceptors (Lipinski definition) is 5. The monoisotopic (exact) mass is 389 g/mol. The molecular weight excluding hydrogens is 366 g/mol. The number of nitrogens with zero attached hydrogens (tertiary/aromatic N) is 1. The van der Waals surface area contributed by atoms with Crippen LogP contribution in [-0.4, -0.2) is 30.0 Å². The molecule has 0 saturated heterocycles. The van der Waals surface area contributed by atoms with Crippen LogP contribution in [-0.2, 0) is 11.2 Å². The minimum absolute atomic E-state index is 0.267. The molecule has 3 rings (SSSR count). The van der Waals surface area contributed by atoms with Gasteiger partial charge in [-0.05, 0) is 43.2 Å². The highest BCUT2D eigenvalue weighted by atomic mass is 16.5. The summed E-state index contributed by atoms with van der Waals surface area (Å²) in [6.07, 6.45) is 2.43. The lowest BCUT2D eigenvalue weighted by atomic mass is 10.1. The molecule has 0 saturated carbocycles. The Kier molecular flexibility index (Phi) is 6.95. The van der Waals surface area contributed by atoms with Crippen molar-refractivity contribution in [3.8, 4) is 0 Å². The van der Waals surface area contributed by atoms with E-state index in [1.54, 1.807) is 49.5 Å². The van der Waals surface area contributed by atoms with E-state index in [2.05, 4.69) is 27.8 Å². The number of pyridine rings is 1. The third kappa shape index (κ3) is 5.65. The minimum Gasteiger partial charge on any atom is -0.462 e. The lowest BCUT2D eigenvalue weighted by Crippen LogP contribution is -2.16. The Hall–Kier alpha value is -3.67. The number of rotatable bonds is 8.